The molecule has 0 saturated heterocycles. The monoisotopic (exact) mass is 353 g/mol. The van der Waals surface area contributed by atoms with Crippen molar-refractivity contribution in [3.05, 3.63) is 69.8 Å². The molecule has 0 unspecified atom stereocenters. The first-order chi connectivity index (χ1) is 12.3. The Morgan fingerprint density at radius 3 is 2.42 bits per heavy atom. The fourth-order valence-corrected chi connectivity index (χ4v) is 2.64. The molecule has 0 aliphatic heterocycles. The molecule has 1 aromatic rings. The van der Waals surface area contributed by atoms with E-state index in [0.717, 1.165) is 16.9 Å². The van der Waals surface area contributed by atoms with Gasteiger partial charge in [0.1, 0.15) is 5.75 Å². The number of rotatable bonds is 7. The lowest BCUT2D eigenvalue weighted by atomic mass is 9.96. The summed E-state index contributed by atoms with van der Waals surface area (Å²) in [6.07, 6.45) is 11.8. The number of ether oxygens (including phenoxy) is 1. The van der Waals surface area contributed by atoms with Gasteiger partial charge in [-0.25, -0.2) is 0 Å². The van der Waals surface area contributed by atoms with Crippen LogP contribution in [0.3, 0.4) is 0 Å². The number of nitrogens with one attached hydrogen (secondary N) is 1. The number of carbonyl (C=O) groups is 1. The van der Waals surface area contributed by atoms with Crippen LogP contribution in [0, 0.1) is 20.8 Å². The molecule has 3 nitrogen and oxygen atoms in total. The number of hydrogen-bond acceptors (Lipinski definition) is 2. The highest BCUT2D eigenvalue weighted by Gasteiger charge is 2.08. The molecule has 0 aliphatic rings. The third kappa shape index (κ3) is 6.40. The minimum atomic E-state index is -0.0592. The van der Waals surface area contributed by atoms with Crippen molar-refractivity contribution < 1.29 is 9.53 Å². The summed E-state index contributed by atoms with van der Waals surface area (Å²) in [6, 6.07) is 2.08. The maximum absolute atomic E-state index is 11.5. The van der Waals surface area contributed by atoms with E-state index in [1.807, 2.05) is 32.1 Å². The SMILES string of the molecule is CCNC(=O)/C=C(C)/C=C/C=C(C)/C=C/c1c(C)cc(OC)c(C)c1C. The Labute approximate surface area is 158 Å². The predicted molar refractivity (Wildman–Crippen MR) is 112 cm³/mol. The molecule has 0 spiro atoms. The van der Waals surface area contributed by atoms with Crippen molar-refractivity contribution in [2.75, 3.05) is 13.7 Å². The van der Waals surface area contributed by atoms with Crippen LogP contribution in [0.2, 0.25) is 0 Å². The summed E-state index contributed by atoms with van der Waals surface area (Å²) in [5.41, 5.74) is 6.89. The molecular weight excluding hydrogens is 322 g/mol. The lowest BCUT2D eigenvalue weighted by Crippen LogP contribution is -2.20. The number of benzene rings is 1. The predicted octanol–water partition coefficient (Wildman–Crippen LogP) is 5.22. The minimum Gasteiger partial charge on any atom is -0.496 e. The standard InChI is InChI=1S/C23H31NO2/c1-8-24-23(25)14-17(3)11-9-10-16(2)12-13-21-18(4)15-22(26-7)20(6)19(21)5/h9-15H,8H2,1-7H3,(H,24,25)/b11-9+,13-12+,16-10+,17-14+. The minimum absolute atomic E-state index is 0.0592. The van der Waals surface area contributed by atoms with Crippen LogP contribution < -0.4 is 10.1 Å². The van der Waals surface area contributed by atoms with E-state index in [1.165, 1.54) is 22.3 Å². The highest BCUT2D eigenvalue weighted by Crippen LogP contribution is 2.28. The number of aryl methyl sites for hydroxylation is 1. The summed E-state index contributed by atoms with van der Waals surface area (Å²) in [5.74, 6) is 0.873. The van der Waals surface area contributed by atoms with Crippen molar-refractivity contribution in [1.29, 1.82) is 0 Å². The van der Waals surface area contributed by atoms with Crippen LogP contribution >= 0.6 is 0 Å². The molecule has 0 aliphatic carbocycles. The van der Waals surface area contributed by atoms with Crippen molar-refractivity contribution in [1.82, 2.24) is 5.32 Å². The number of methoxy groups -OCH3 is 1. The third-order valence-electron chi connectivity index (χ3n) is 4.27. The Hall–Kier alpha value is -2.55. The van der Waals surface area contributed by atoms with Crippen LogP contribution in [-0.4, -0.2) is 19.6 Å². The number of carbonyl (C=O) groups excluding carboxylic acids is 1. The summed E-state index contributed by atoms with van der Waals surface area (Å²) in [7, 11) is 1.71. The van der Waals surface area contributed by atoms with Crippen LogP contribution in [-0.2, 0) is 4.79 Å². The van der Waals surface area contributed by atoms with E-state index in [-0.39, 0.29) is 5.91 Å². The summed E-state index contributed by atoms with van der Waals surface area (Å²) < 4.78 is 5.43. The largest absolute Gasteiger partial charge is 0.496 e. The summed E-state index contributed by atoms with van der Waals surface area (Å²) in [6.45, 7) is 12.8. The molecule has 1 N–H and O–H groups in total. The maximum atomic E-state index is 11.5. The number of amides is 1. The van der Waals surface area contributed by atoms with E-state index in [9.17, 15) is 4.79 Å². The lowest BCUT2D eigenvalue weighted by molar-refractivity contribution is -0.116. The van der Waals surface area contributed by atoms with Gasteiger partial charge in [-0.05, 0) is 75.4 Å². The van der Waals surface area contributed by atoms with E-state index < -0.39 is 0 Å². The number of allylic oxidation sites excluding steroid dienone is 6. The highest BCUT2D eigenvalue weighted by molar-refractivity contribution is 5.88. The van der Waals surface area contributed by atoms with Gasteiger partial charge in [-0.3, -0.25) is 4.79 Å². The van der Waals surface area contributed by atoms with E-state index in [0.29, 0.717) is 6.54 Å². The van der Waals surface area contributed by atoms with Gasteiger partial charge in [0.15, 0.2) is 0 Å². The fourth-order valence-electron chi connectivity index (χ4n) is 2.64. The van der Waals surface area contributed by atoms with Crippen LogP contribution in [0.5, 0.6) is 5.75 Å². The van der Waals surface area contributed by atoms with E-state index in [1.54, 1.807) is 13.2 Å². The number of hydrogen-bond donors (Lipinski definition) is 1. The van der Waals surface area contributed by atoms with Gasteiger partial charge < -0.3 is 10.1 Å². The topological polar surface area (TPSA) is 38.3 Å². The average molecular weight is 354 g/mol. The molecule has 0 saturated carbocycles. The highest BCUT2D eigenvalue weighted by atomic mass is 16.5. The van der Waals surface area contributed by atoms with Crippen LogP contribution in [0.1, 0.15) is 43.0 Å². The van der Waals surface area contributed by atoms with Gasteiger partial charge in [0.2, 0.25) is 5.91 Å². The third-order valence-corrected chi connectivity index (χ3v) is 4.27. The normalized spacial score (nSPS) is 12.9. The van der Waals surface area contributed by atoms with Gasteiger partial charge in [0.05, 0.1) is 7.11 Å². The molecule has 140 valence electrons. The number of likely N-dealkylation sites (N-methyl/N-ethyl adjacent to an activating group) is 1. The first kappa shape index (κ1) is 21.5. The van der Waals surface area contributed by atoms with E-state index in [4.69, 9.17) is 4.74 Å². The van der Waals surface area contributed by atoms with E-state index in [2.05, 4.69) is 51.2 Å². The quantitative estimate of drug-likeness (QED) is 0.539. The fraction of sp³-hybridized carbons (Fsp3) is 0.348. The van der Waals surface area contributed by atoms with Gasteiger partial charge in [0, 0.05) is 12.6 Å². The van der Waals surface area contributed by atoms with Gasteiger partial charge in [-0.15, -0.1) is 0 Å². The molecule has 0 aromatic heterocycles. The van der Waals surface area contributed by atoms with Crippen molar-refractivity contribution in [3.63, 3.8) is 0 Å². The molecule has 0 bridgehead atoms. The molecule has 0 radical (unpaired) electrons. The smallest absolute Gasteiger partial charge is 0.244 e. The second kappa shape index (κ2) is 10.4. The molecule has 0 fully saturated rings. The molecule has 1 amide bonds. The van der Waals surface area contributed by atoms with Gasteiger partial charge in [0.25, 0.3) is 0 Å². The maximum Gasteiger partial charge on any atom is 0.244 e. The second-order valence-electron chi connectivity index (χ2n) is 6.45. The van der Waals surface area contributed by atoms with Gasteiger partial charge >= 0.3 is 0 Å². The molecule has 3 heteroatoms. The Balaban J connectivity index is 2.89. The van der Waals surface area contributed by atoms with Crippen molar-refractivity contribution in [3.8, 4) is 5.75 Å². The molecule has 26 heavy (non-hydrogen) atoms. The van der Waals surface area contributed by atoms with Gasteiger partial charge in [-0.1, -0.05) is 36.0 Å². The average Bonchev–Trinajstić information content (AvgIpc) is 2.58. The Bertz CT molecular complexity index is 765. The first-order valence-electron chi connectivity index (χ1n) is 8.94. The molecular formula is C23H31NO2. The Kier molecular flexibility index (Phi) is 8.63. The first-order valence-corrected chi connectivity index (χ1v) is 8.94. The Morgan fingerprint density at radius 1 is 1.12 bits per heavy atom. The van der Waals surface area contributed by atoms with Crippen molar-refractivity contribution >= 4 is 12.0 Å². The lowest BCUT2D eigenvalue weighted by Gasteiger charge is -2.13. The van der Waals surface area contributed by atoms with Crippen LogP contribution in [0.15, 0.2) is 47.6 Å². The molecule has 0 heterocycles. The van der Waals surface area contributed by atoms with Crippen LogP contribution in [0.4, 0.5) is 0 Å². The molecule has 1 aromatic carbocycles. The Morgan fingerprint density at radius 2 is 1.81 bits per heavy atom. The van der Waals surface area contributed by atoms with E-state index >= 15 is 0 Å². The van der Waals surface area contributed by atoms with Gasteiger partial charge in [-0.2, -0.15) is 0 Å². The van der Waals surface area contributed by atoms with Crippen LogP contribution in [0.25, 0.3) is 6.08 Å². The second-order valence-corrected chi connectivity index (χ2v) is 6.45. The van der Waals surface area contributed by atoms with Crippen molar-refractivity contribution in [2.24, 2.45) is 0 Å². The summed E-state index contributed by atoms with van der Waals surface area (Å²) in [5, 5.41) is 2.75. The zero-order valence-corrected chi connectivity index (χ0v) is 17.1. The zero-order valence-electron chi connectivity index (χ0n) is 17.1. The zero-order chi connectivity index (χ0) is 19.7. The van der Waals surface area contributed by atoms with Crippen molar-refractivity contribution in [2.45, 2.75) is 41.5 Å². The molecule has 1 rings (SSSR count). The summed E-state index contributed by atoms with van der Waals surface area (Å²) in [4.78, 5) is 11.5. The molecule has 0 atom stereocenters. The summed E-state index contributed by atoms with van der Waals surface area (Å²) >= 11 is 0.